The number of anilines is 9. The van der Waals surface area contributed by atoms with Gasteiger partial charge < -0.3 is 14.7 Å². The molecule has 0 bridgehead atoms. The van der Waals surface area contributed by atoms with Gasteiger partial charge in [0.2, 0.25) is 0 Å². The summed E-state index contributed by atoms with van der Waals surface area (Å²) in [5.74, 6) is 0. The Hall–Kier alpha value is -8.66. The van der Waals surface area contributed by atoms with E-state index in [0.29, 0.717) is 0 Å². The molecule has 1 spiro atoms. The van der Waals surface area contributed by atoms with Crippen LogP contribution in [0.1, 0.15) is 29.1 Å². The van der Waals surface area contributed by atoms with Crippen LogP contribution in [0.2, 0.25) is 0 Å². The molecule has 0 radical (unpaired) electrons. The van der Waals surface area contributed by atoms with Crippen LogP contribution in [0.15, 0.2) is 261 Å². The first kappa shape index (κ1) is 32.9. The van der Waals surface area contributed by atoms with Crippen LogP contribution in [0, 0.1) is 0 Å². The van der Waals surface area contributed by atoms with Crippen molar-refractivity contribution in [3.05, 3.63) is 283 Å². The highest BCUT2D eigenvalue weighted by molar-refractivity contribution is 6.20. The number of hydrogen-bond donors (Lipinski definition) is 0. The summed E-state index contributed by atoms with van der Waals surface area (Å²) in [5, 5.41) is 4.43. The summed E-state index contributed by atoms with van der Waals surface area (Å²) in [7, 11) is 0. The fourth-order valence-corrected chi connectivity index (χ4v) is 10.9. The van der Waals surface area contributed by atoms with Gasteiger partial charge >= 0.3 is 0 Å². The van der Waals surface area contributed by atoms with Gasteiger partial charge in [-0.3, -0.25) is 0 Å². The van der Waals surface area contributed by atoms with Crippen molar-refractivity contribution in [3.8, 4) is 11.1 Å². The molecule has 13 rings (SSSR count). The lowest BCUT2D eigenvalue weighted by atomic mass is 9.63. The number of fused-ring (bicyclic) bond motifs is 14. The van der Waals surface area contributed by atoms with Crippen molar-refractivity contribution >= 4 is 72.7 Å². The normalized spacial score (nSPS) is 14.0. The molecule has 11 aromatic carbocycles. The van der Waals surface area contributed by atoms with Crippen molar-refractivity contribution in [1.82, 2.24) is 0 Å². The van der Waals surface area contributed by atoms with Crippen molar-refractivity contribution in [3.63, 3.8) is 0 Å². The van der Waals surface area contributed by atoms with Crippen LogP contribution in [-0.2, 0) is 5.41 Å². The van der Waals surface area contributed by atoms with Crippen LogP contribution in [0.25, 0.3) is 32.7 Å². The van der Waals surface area contributed by atoms with E-state index in [1.807, 2.05) is 53.4 Å². The summed E-state index contributed by atoms with van der Waals surface area (Å²) < 4.78 is 45.1. The summed E-state index contributed by atoms with van der Waals surface area (Å²) in [5.41, 5.74) is 13.0. The molecule has 1 aliphatic carbocycles. The van der Waals surface area contributed by atoms with E-state index in [2.05, 4.69) is 192 Å². The van der Waals surface area contributed by atoms with Crippen LogP contribution in [0.5, 0.6) is 0 Å². The largest absolute Gasteiger partial charge is 0.310 e. The highest BCUT2D eigenvalue weighted by Gasteiger charge is 2.53. The minimum atomic E-state index is -0.987. The highest BCUT2D eigenvalue weighted by Crippen LogP contribution is 2.66. The molecule has 0 unspecified atom stereocenters. The summed E-state index contributed by atoms with van der Waals surface area (Å²) in [4.78, 5) is 6.51. The van der Waals surface area contributed by atoms with Gasteiger partial charge in [0.1, 0.15) is 0 Å². The second-order valence-electron chi connectivity index (χ2n) is 16.9. The van der Waals surface area contributed by atoms with Crippen molar-refractivity contribution < 1.29 is 6.85 Å². The number of benzene rings is 11. The van der Waals surface area contributed by atoms with Crippen molar-refractivity contribution in [1.29, 1.82) is 0 Å². The van der Waals surface area contributed by atoms with E-state index in [9.17, 15) is 2.74 Å². The number of rotatable bonds is 7. The molecule has 0 fully saturated rings. The maximum absolute atomic E-state index is 9.38. The second kappa shape index (κ2) is 15.3. The first-order valence-electron chi connectivity index (χ1n) is 24.9. The van der Waals surface area contributed by atoms with Gasteiger partial charge in [-0.1, -0.05) is 164 Å². The van der Waals surface area contributed by atoms with Gasteiger partial charge in [-0.2, -0.15) is 0 Å². The fourth-order valence-electron chi connectivity index (χ4n) is 10.9. The molecule has 3 nitrogen and oxygen atoms in total. The zero-order valence-corrected chi connectivity index (χ0v) is 35.8. The Morgan fingerprint density at radius 2 is 0.803 bits per heavy atom. The number of para-hydroxylation sites is 7. The molecule has 0 atom stereocenters. The van der Waals surface area contributed by atoms with E-state index < -0.39 is 11.5 Å². The zero-order chi connectivity index (χ0) is 48.0. The molecule has 0 saturated heterocycles. The first-order chi connectivity index (χ1) is 34.9. The van der Waals surface area contributed by atoms with Crippen molar-refractivity contribution in [2.45, 2.75) is 5.41 Å². The molecule has 11 aromatic rings. The second-order valence-corrected chi connectivity index (χ2v) is 16.9. The van der Waals surface area contributed by atoms with Gasteiger partial charge in [-0.05, 0) is 152 Å². The molecule has 1 heterocycles. The molecule has 0 N–H and O–H groups in total. The van der Waals surface area contributed by atoms with Gasteiger partial charge in [0.15, 0.2) is 0 Å². The summed E-state index contributed by atoms with van der Waals surface area (Å²) in [6, 6.07) is 79.2. The standard InChI is InChI=1S/C63H43N3/c1-6-22-44(23-7-1)64(45-24-8-2-9-25-45)49-38-40-53-55(42-49)51-32-16-17-33-52(51)61-54-41-39-50(65(46-26-10-3-11-27-46)47-28-12-4-13-29-47)43-58(54)63(62(53)61)56-34-18-20-36-59(56)66(48-30-14-5-15-31-48)60-37-21-19-35-57(60)63/h1-43H/i5D,14D,15D,30D,31D. The van der Waals surface area contributed by atoms with Crippen LogP contribution in [0.3, 0.4) is 0 Å². The number of hydrogen-bond acceptors (Lipinski definition) is 3. The van der Waals surface area contributed by atoms with Crippen LogP contribution in [-0.4, -0.2) is 0 Å². The fraction of sp³-hybridized carbons (Fsp3) is 0.0159. The summed E-state index contributed by atoms with van der Waals surface area (Å²) in [6.07, 6.45) is 0. The van der Waals surface area contributed by atoms with E-state index in [1.165, 1.54) is 0 Å². The summed E-state index contributed by atoms with van der Waals surface area (Å²) >= 11 is 0. The Labute approximate surface area is 392 Å². The quantitative estimate of drug-likeness (QED) is 0.148. The van der Waals surface area contributed by atoms with Crippen LogP contribution < -0.4 is 14.7 Å². The predicted octanol–water partition coefficient (Wildman–Crippen LogP) is 17.1. The van der Waals surface area contributed by atoms with Crippen molar-refractivity contribution in [2.75, 3.05) is 14.7 Å². The lowest BCUT2D eigenvalue weighted by Gasteiger charge is -2.45. The molecule has 66 heavy (non-hydrogen) atoms. The van der Waals surface area contributed by atoms with Crippen LogP contribution in [0.4, 0.5) is 51.2 Å². The third-order valence-electron chi connectivity index (χ3n) is 13.4. The average Bonchev–Trinajstić information content (AvgIpc) is 3.73. The SMILES string of the molecule is [2H]c1c([2H])c([2H])c(N2c3ccccc3C3(c4cc(N(c5ccccc5)c5ccccc5)ccc4-c4c3c3ccc(N(c5ccccc5)c5ccccc5)cc3c3ccccc43)c3ccccc32)c([2H])c1[2H]. The monoisotopic (exact) mass is 846 g/mol. The Bertz CT molecular complexity index is 3750. The predicted molar refractivity (Wildman–Crippen MR) is 276 cm³/mol. The van der Waals surface area contributed by atoms with E-state index in [4.69, 9.17) is 4.11 Å². The minimum absolute atomic E-state index is 0.104. The molecule has 0 amide bonds. The maximum atomic E-state index is 9.38. The Morgan fingerprint density at radius 1 is 0.348 bits per heavy atom. The third kappa shape index (κ3) is 5.63. The average molecular weight is 847 g/mol. The third-order valence-corrected chi connectivity index (χ3v) is 13.4. The van der Waals surface area contributed by atoms with E-state index in [1.54, 1.807) is 0 Å². The summed E-state index contributed by atoms with van der Waals surface area (Å²) in [6.45, 7) is 0. The van der Waals surface area contributed by atoms with E-state index in [-0.39, 0.29) is 29.9 Å². The number of nitrogens with zero attached hydrogens (tertiary/aromatic N) is 3. The van der Waals surface area contributed by atoms with E-state index >= 15 is 0 Å². The highest BCUT2D eigenvalue weighted by atomic mass is 15.2. The Balaban J connectivity index is 1.18. The topological polar surface area (TPSA) is 9.72 Å². The molecule has 310 valence electrons. The molecule has 3 heteroatoms. The lowest BCUT2D eigenvalue weighted by Crippen LogP contribution is -2.36. The Morgan fingerprint density at radius 3 is 1.35 bits per heavy atom. The molecule has 0 saturated carbocycles. The molecule has 1 aliphatic heterocycles. The first-order valence-corrected chi connectivity index (χ1v) is 22.4. The van der Waals surface area contributed by atoms with Gasteiger partial charge in [0, 0.05) is 39.8 Å². The van der Waals surface area contributed by atoms with Gasteiger partial charge in [-0.25, -0.2) is 0 Å². The van der Waals surface area contributed by atoms with E-state index in [0.717, 1.165) is 100 Å². The molecular formula is C63H43N3. The molecule has 0 aromatic heterocycles. The van der Waals surface area contributed by atoms with Gasteiger partial charge in [0.05, 0.1) is 23.6 Å². The lowest BCUT2D eigenvalue weighted by molar-refractivity contribution is 0.759. The van der Waals surface area contributed by atoms with Crippen molar-refractivity contribution in [2.24, 2.45) is 0 Å². The van der Waals surface area contributed by atoms with Crippen LogP contribution >= 0.6 is 0 Å². The smallest absolute Gasteiger partial charge is 0.0761 e. The zero-order valence-electron chi connectivity index (χ0n) is 40.8. The minimum Gasteiger partial charge on any atom is -0.310 e. The van der Waals surface area contributed by atoms with Gasteiger partial charge in [-0.15, -0.1) is 0 Å². The Kier molecular flexibility index (Phi) is 7.61. The molecular weight excluding hydrogens is 799 g/mol. The van der Waals surface area contributed by atoms with Gasteiger partial charge in [0.25, 0.3) is 0 Å². The maximum Gasteiger partial charge on any atom is 0.0761 e. The molecule has 2 aliphatic rings.